The van der Waals surface area contributed by atoms with Crippen molar-refractivity contribution in [3.63, 3.8) is 0 Å². The van der Waals surface area contributed by atoms with Crippen molar-refractivity contribution in [2.45, 2.75) is 13.8 Å². The van der Waals surface area contributed by atoms with Gasteiger partial charge in [-0.3, -0.25) is 14.9 Å². The minimum absolute atomic E-state index is 0.0939. The van der Waals surface area contributed by atoms with E-state index in [1.165, 1.54) is 37.3 Å². The maximum Gasteiger partial charge on any atom is 0.273 e. The molecule has 0 bridgehead atoms. The fourth-order valence-corrected chi connectivity index (χ4v) is 1.73. The first-order chi connectivity index (χ1) is 9.88. The highest BCUT2D eigenvalue weighted by Crippen LogP contribution is 2.30. The maximum atomic E-state index is 13.9. The topological polar surface area (TPSA) is 69.4 Å². The Morgan fingerprint density at radius 3 is 2.48 bits per heavy atom. The number of carbonyl (C=O) groups excluding carboxylic acids is 1. The van der Waals surface area contributed by atoms with Crippen LogP contribution < -0.4 is 4.74 Å². The molecule has 0 saturated carbocycles. The summed E-state index contributed by atoms with van der Waals surface area (Å²) in [5.74, 6) is -0.858. The van der Waals surface area contributed by atoms with Crippen LogP contribution in [0.3, 0.4) is 0 Å². The van der Waals surface area contributed by atoms with E-state index >= 15 is 0 Å². The quantitative estimate of drug-likeness (QED) is 0.484. The first-order valence-electron chi connectivity index (χ1n) is 6.12. The average molecular weight is 289 g/mol. The summed E-state index contributed by atoms with van der Waals surface area (Å²) in [6, 6.07) is 7.93. The van der Waals surface area contributed by atoms with Crippen LogP contribution in [0.1, 0.15) is 22.8 Å². The molecule has 2 aromatic carbocycles. The summed E-state index contributed by atoms with van der Waals surface area (Å²) >= 11 is 0. The monoisotopic (exact) mass is 289 g/mol. The van der Waals surface area contributed by atoms with Gasteiger partial charge in [0.25, 0.3) is 5.69 Å². The largest absolute Gasteiger partial charge is 0.454 e. The van der Waals surface area contributed by atoms with Crippen molar-refractivity contribution in [2.75, 3.05) is 0 Å². The van der Waals surface area contributed by atoms with Crippen LogP contribution >= 0.6 is 0 Å². The van der Waals surface area contributed by atoms with Crippen LogP contribution in [0.4, 0.5) is 10.1 Å². The van der Waals surface area contributed by atoms with Gasteiger partial charge in [-0.2, -0.15) is 0 Å². The van der Waals surface area contributed by atoms with Crippen LogP contribution in [0, 0.1) is 22.9 Å². The molecule has 0 N–H and O–H groups in total. The van der Waals surface area contributed by atoms with Crippen molar-refractivity contribution in [2.24, 2.45) is 0 Å². The van der Waals surface area contributed by atoms with Gasteiger partial charge >= 0.3 is 0 Å². The van der Waals surface area contributed by atoms with E-state index in [-0.39, 0.29) is 28.5 Å². The van der Waals surface area contributed by atoms with Crippen LogP contribution in [0.15, 0.2) is 36.4 Å². The van der Waals surface area contributed by atoms with Gasteiger partial charge < -0.3 is 4.74 Å². The van der Waals surface area contributed by atoms with E-state index in [0.29, 0.717) is 5.56 Å². The Hall–Kier alpha value is -2.76. The third-order valence-electron chi connectivity index (χ3n) is 2.94. The molecule has 108 valence electrons. The van der Waals surface area contributed by atoms with Crippen molar-refractivity contribution in [3.05, 3.63) is 63.5 Å². The van der Waals surface area contributed by atoms with Crippen molar-refractivity contribution in [3.8, 4) is 11.5 Å². The van der Waals surface area contributed by atoms with Gasteiger partial charge in [-0.15, -0.1) is 0 Å². The van der Waals surface area contributed by atoms with Crippen molar-refractivity contribution >= 4 is 11.5 Å². The van der Waals surface area contributed by atoms with Crippen molar-refractivity contribution < 1.29 is 18.8 Å². The maximum absolute atomic E-state index is 13.9. The number of halogens is 1. The van der Waals surface area contributed by atoms with Crippen molar-refractivity contribution in [1.29, 1.82) is 0 Å². The number of ketones is 1. The molecule has 0 fully saturated rings. The number of ether oxygens (including phenoxy) is 1. The molecule has 0 radical (unpaired) electrons. The van der Waals surface area contributed by atoms with Gasteiger partial charge in [0.05, 0.1) is 11.0 Å². The summed E-state index contributed by atoms with van der Waals surface area (Å²) < 4.78 is 19.3. The van der Waals surface area contributed by atoms with Gasteiger partial charge in [0, 0.05) is 11.6 Å². The zero-order chi connectivity index (χ0) is 15.6. The Labute approximate surface area is 120 Å². The zero-order valence-electron chi connectivity index (χ0n) is 11.4. The van der Waals surface area contributed by atoms with Crippen LogP contribution in [-0.4, -0.2) is 10.7 Å². The summed E-state index contributed by atoms with van der Waals surface area (Å²) in [7, 11) is 0. The number of aryl methyl sites for hydroxylation is 1. The van der Waals surface area contributed by atoms with E-state index in [4.69, 9.17) is 4.74 Å². The molecule has 2 rings (SSSR count). The molecule has 6 heteroatoms. The first kappa shape index (κ1) is 14.6. The molecular weight excluding hydrogens is 277 g/mol. The van der Waals surface area contributed by atoms with Crippen LogP contribution in [0.2, 0.25) is 0 Å². The summed E-state index contributed by atoms with van der Waals surface area (Å²) in [5.41, 5.74) is 0.725. The molecule has 21 heavy (non-hydrogen) atoms. The number of hydrogen-bond donors (Lipinski definition) is 0. The molecule has 0 heterocycles. The molecule has 0 aromatic heterocycles. The molecule has 5 nitrogen and oxygen atoms in total. The van der Waals surface area contributed by atoms with E-state index < -0.39 is 10.7 Å². The van der Waals surface area contributed by atoms with Gasteiger partial charge in [-0.05, 0) is 43.7 Å². The lowest BCUT2D eigenvalue weighted by atomic mass is 10.1. The number of Topliss-reactive ketones (excluding diaryl/α,β-unsaturated/α-hetero) is 1. The Morgan fingerprint density at radius 2 is 1.90 bits per heavy atom. The number of nitro benzene ring substituents is 1. The number of hydrogen-bond acceptors (Lipinski definition) is 4. The molecule has 0 saturated heterocycles. The molecule has 0 amide bonds. The highest BCUT2D eigenvalue weighted by molar-refractivity contribution is 5.94. The lowest BCUT2D eigenvalue weighted by Gasteiger charge is -2.10. The number of benzene rings is 2. The lowest BCUT2D eigenvalue weighted by molar-refractivity contribution is -0.384. The Kier molecular flexibility index (Phi) is 3.98. The second-order valence-corrected chi connectivity index (χ2v) is 4.51. The van der Waals surface area contributed by atoms with E-state index in [1.807, 2.05) is 0 Å². The molecule has 2 aromatic rings. The Morgan fingerprint density at radius 1 is 1.19 bits per heavy atom. The van der Waals surface area contributed by atoms with Crippen LogP contribution in [0.5, 0.6) is 11.5 Å². The predicted molar refractivity (Wildman–Crippen MR) is 74.3 cm³/mol. The molecule has 0 aliphatic rings. The fourth-order valence-electron chi connectivity index (χ4n) is 1.73. The van der Waals surface area contributed by atoms with Crippen molar-refractivity contribution in [1.82, 2.24) is 0 Å². The van der Waals surface area contributed by atoms with Gasteiger partial charge in [0.2, 0.25) is 0 Å². The standard InChI is InChI=1S/C15H12FNO4/c1-9-3-5-12(17(19)20)8-15(9)21-14-6-4-11(10(2)18)7-13(14)16/h3-8H,1-2H3. The number of nitro groups is 1. The van der Waals surface area contributed by atoms with Crippen LogP contribution in [0.25, 0.3) is 0 Å². The lowest BCUT2D eigenvalue weighted by Crippen LogP contribution is -1.97. The second kappa shape index (κ2) is 5.70. The SMILES string of the molecule is CC(=O)c1ccc(Oc2cc([N+](=O)[O-])ccc2C)c(F)c1. The Bertz CT molecular complexity index is 728. The highest BCUT2D eigenvalue weighted by atomic mass is 19.1. The molecule has 0 aliphatic heterocycles. The summed E-state index contributed by atoms with van der Waals surface area (Å²) in [4.78, 5) is 21.3. The van der Waals surface area contributed by atoms with Gasteiger partial charge in [-0.1, -0.05) is 0 Å². The summed E-state index contributed by atoms with van der Waals surface area (Å²) in [5, 5.41) is 10.7. The zero-order valence-corrected chi connectivity index (χ0v) is 11.4. The van der Waals surface area contributed by atoms with Gasteiger partial charge in [0.1, 0.15) is 5.75 Å². The predicted octanol–water partition coefficient (Wildman–Crippen LogP) is 4.04. The first-order valence-corrected chi connectivity index (χ1v) is 6.12. The van der Waals surface area contributed by atoms with E-state index in [0.717, 1.165) is 6.07 Å². The normalized spacial score (nSPS) is 10.2. The minimum Gasteiger partial charge on any atom is -0.454 e. The smallest absolute Gasteiger partial charge is 0.273 e. The number of rotatable bonds is 4. The average Bonchev–Trinajstić information content (AvgIpc) is 2.42. The molecule has 0 unspecified atom stereocenters. The molecular formula is C15H12FNO4. The molecule has 0 spiro atoms. The van der Waals surface area contributed by atoms with E-state index in [9.17, 15) is 19.3 Å². The van der Waals surface area contributed by atoms with E-state index in [1.54, 1.807) is 6.92 Å². The fraction of sp³-hybridized carbons (Fsp3) is 0.133. The number of non-ortho nitro benzene ring substituents is 1. The molecule has 0 aliphatic carbocycles. The molecule has 0 atom stereocenters. The number of carbonyl (C=O) groups is 1. The van der Waals surface area contributed by atoms with Gasteiger partial charge in [0.15, 0.2) is 17.3 Å². The highest BCUT2D eigenvalue weighted by Gasteiger charge is 2.13. The second-order valence-electron chi connectivity index (χ2n) is 4.51. The Balaban J connectivity index is 2.36. The van der Waals surface area contributed by atoms with Gasteiger partial charge in [-0.25, -0.2) is 4.39 Å². The summed E-state index contributed by atoms with van der Waals surface area (Å²) in [6.07, 6.45) is 0. The summed E-state index contributed by atoms with van der Waals surface area (Å²) in [6.45, 7) is 3.03. The number of nitrogens with zero attached hydrogens (tertiary/aromatic N) is 1. The minimum atomic E-state index is -0.700. The van der Waals surface area contributed by atoms with Crippen LogP contribution in [-0.2, 0) is 0 Å². The third-order valence-corrected chi connectivity index (χ3v) is 2.94. The van der Waals surface area contributed by atoms with E-state index in [2.05, 4.69) is 0 Å². The third kappa shape index (κ3) is 3.22.